The third-order valence-electron chi connectivity index (χ3n) is 5.60. The highest BCUT2D eigenvalue weighted by Gasteiger charge is 2.33. The predicted octanol–water partition coefficient (Wildman–Crippen LogP) is 6.16. The molecule has 37 heavy (non-hydrogen) atoms. The number of aliphatic hydroxyl groups excluding tert-OH is 1. The van der Waals surface area contributed by atoms with Gasteiger partial charge in [0, 0.05) is 16.1 Å². The minimum Gasteiger partial charge on any atom is -0.467 e. The zero-order chi connectivity index (χ0) is 28.8. The van der Waals surface area contributed by atoms with E-state index >= 15 is 0 Å². The minimum atomic E-state index is -0.949. The van der Waals surface area contributed by atoms with Gasteiger partial charge in [0.15, 0.2) is 6.10 Å². The van der Waals surface area contributed by atoms with Crippen LogP contribution in [0.3, 0.4) is 0 Å². The molecule has 0 radical (unpaired) electrons. The summed E-state index contributed by atoms with van der Waals surface area (Å²) in [5, 5.41) is 13.8. The number of anilines is 2. The lowest BCUT2D eigenvalue weighted by Crippen LogP contribution is -2.39. The fourth-order valence-electron chi connectivity index (χ4n) is 3.83. The summed E-state index contributed by atoms with van der Waals surface area (Å²) in [7, 11) is 1.33. The van der Waals surface area contributed by atoms with Gasteiger partial charge in [-0.2, -0.15) is 0 Å². The Labute approximate surface area is 231 Å². The van der Waals surface area contributed by atoms with Crippen LogP contribution in [-0.2, 0) is 14.3 Å². The van der Waals surface area contributed by atoms with E-state index in [0.717, 1.165) is 31.2 Å². The van der Waals surface area contributed by atoms with Crippen LogP contribution in [0, 0.1) is 25.7 Å². The van der Waals surface area contributed by atoms with E-state index in [1.807, 2.05) is 41.5 Å². The minimum absolute atomic E-state index is 0.0174. The molecule has 1 saturated carbocycles. The molecule has 9 heteroatoms. The van der Waals surface area contributed by atoms with Crippen LogP contribution in [0.2, 0.25) is 0 Å². The van der Waals surface area contributed by atoms with Crippen molar-refractivity contribution in [1.82, 2.24) is 5.32 Å². The molecule has 0 heterocycles. The van der Waals surface area contributed by atoms with E-state index in [9.17, 15) is 9.59 Å². The summed E-state index contributed by atoms with van der Waals surface area (Å²) in [5.74, 6) is 4.42. The number of amides is 2. The van der Waals surface area contributed by atoms with Crippen LogP contribution in [0.25, 0.3) is 0 Å². The van der Waals surface area contributed by atoms with Crippen molar-refractivity contribution in [2.45, 2.75) is 105 Å². The highest BCUT2D eigenvalue weighted by atomic mass is 79.9. The number of carbonyl (C=O) groups excluding carboxylic acids is 2. The number of methoxy groups -OCH3 is 1. The third kappa shape index (κ3) is 11.3. The molecule has 0 aliphatic heterocycles. The number of ether oxygens (including phenoxy) is 2. The van der Waals surface area contributed by atoms with Crippen LogP contribution >= 0.6 is 15.9 Å². The number of esters is 1. The first-order chi connectivity index (χ1) is 17.4. The molecule has 1 aliphatic carbocycles. The van der Waals surface area contributed by atoms with Gasteiger partial charge in [0.2, 0.25) is 0 Å². The highest BCUT2D eigenvalue weighted by molar-refractivity contribution is 9.10. The molecule has 2 amide bonds. The van der Waals surface area contributed by atoms with E-state index in [-0.39, 0.29) is 18.7 Å². The largest absolute Gasteiger partial charge is 0.467 e. The van der Waals surface area contributed by atoms with Gasteiger partial charge in [0.1, 0.15) is 6.61 Å². The summed E-state index contributed by atoms with van der Waals surface area (Å²) in [6, 6.07) is -0.0841. The molecule has 0 saturated heterocycles. The van der Waals surface area contributed by atoms with Gasteiger partial charge in [-0.05, 0) is 65.5 Å². The Balaban J connectivity index is 0.00000165. The van der Waals surface area contributed by atoms with Crippen LogP contribution in [0.1, 0.15) is 96.4 Å². The number of rotatable bonds is 5. The maximum absolute atomic E-state index is 12.6. The number of nitrogens with one attached hydrogen (secondary N) is 2. The van der Waals surface area contributed by atoms with Gasteiger partial charge in [-0.1, -0.05) is 55.0 Å². The smallest absolute Gasteiger partial charge is 0.339 e. The summed E-state index contributed by atoms with van der Waals surface area (Å²) >= 11 is 3.60. The maximum atomic E-state index is 12.6. The summed E-state index contributed by atoms with van der Waals surface area (Å²) in [6.07, 6.45) is 4.53. The second-order valence-electron chi connectivity index (χ2n) is 9.42. The van der Waals surface area contributed by atoms with Gasteiger partial charge in [-0.15, -0.1) is 5.92 Å². The Bertz CT molecular complexity index is 913. The number of hydrogen-bond donors (Lipinski definition) is 4. The van der Waals surface area contributed by atoms with E-state index < -0.39 is 17.7 Å². The van der Waals surface area contributed by atoms with Crippen LogP contribution in [0.5, 0.6) is 0 Å². The maximum Gasteiger partial charge on any atom is 0.339 e. The molecular formula is C28H46BrN3O5. The van der Waals surface area contributed by atoms with Crippen LogP contribution in [0.15, 0.2) is 4.47 Å². The van der Waals surface area contributed by atoms with Crippen molar-refractivity contribution in [2.75, 3.05) is 24.8 Å². The van der Waals surface area contributed by atoms with Gasteiger partial charge in [-0.3, -0.25) is 0 Å². The van der Waals surface area contributed by atoms with Crippen LogP contribution in [-0.4, -0.2) is 42.5 Å². The zero-order valence-corrected chi connectivity index (χ0v) is 25.5. The lowest BCUT2D eigenvalue weighted by Gasteiger charge is -2.29. The van der Waals surface area contributed by atoms with E-state index in [1.54, 1.807) is 13.8 Å². The molecule has 210 valence electrons. The van der Waals surface area contributed by atoms with Gasteiger partial charge in [0.25, 0.3) is 0 Å². The first-order valence-electron chi connectivity index (χ1n) is 12.8. The lowest BCUT2D eigenvalue weighted by atomic mass is 9.95. The molecule has 1 aromatic carbocycles. The summed E-state index contributed by atoms with van der Waals surface area (Å²) in [5.41, 5.74) is 8.73. The normalized spacial score (nSPS) is 13.9. The Morgan fingerprint density at radius 3 is 2.16 bits per heavy atom. The van der Waals surface area contributed by atoms with Gasteiger partial charge >= 0.3 is 12.0 Å². The number of nitrogen functional groups attached to an aromatic ring is 1. The first-order valence-corrected chi connectivity index (χ1v) is 13.6. The molecule has 0 spiro atoms. The Morgan fingerprint density at radius 2 is 1.73 bits per heavy atom. The molecule has 8 nitrogen and oxygen atoms in total. The number of benzene rings is 1. The average molecular weight is 585 g/mol. The first kappa shape index (κ1) is 34.7. The molecule has 1 unspecified atom stereocenters. The molecule has 2 rings (SSSR count). The van der Waals surface area contributed by atoms with Crippen molar-refractivity contribution in [2.24, 2.45) is 0 Å². The average Bonchev–Trinajstić information content (AvgIpc) is 2.86. The Hall–Kier alpha value is -2.28. The fraction of sp³-hybridized carbons (Fsp3) is 0.643. The molecule has 1 aliphatic rings. The molecule has 0 bridgehead atoms. The third-order valence-corrected chi connectivity index (χ3v) is 6.62. The standard InChI is InChI=1S/C22H34BrN3O4.C4H6O.C2H6/c1-12-15(19(20(27)29-6)30-22(3,4)5)16(23)13(2)18(17(12)24)26-21(28)25-14-10-8-7-9-11-14;1-2-3-4-5;1-2/h14,19H,7-11,24H2,1-6H3,(H2,25,26,28);5H,4H2,1H3;1-2H3. The summed E-state index contributed by atoms with van der Waals surface area (Å²) in [6.45, 7) is 14.9. The number of nitrogens with two attached hydrogens (primary N) is 1. The number of hydrogen-bond acceptors (Lipinski definition) is 6. The van der Waals surface area contributed by atoms with Crippen LogP contribution in [0.4, 0.5) is 16.2 Å². The Morgan fingerprint density at radius 1 is 1.16 bits per heavy atom. The summed E-state index contributed by atoms with van der Waals surface area (Å²) < 4.78 is 11.6. The molecular weight excluding hydrogens is 538 g/mol. The number of carbonyl (C=O) groups is 2. The lowest BCUT2D eigenvalue weighted by molar-refractivity contribution is -0.164. The highest BCUT2D eigenvalue weighted by Crippen LogP contribution is 2.42. The fourth-order valence-corrected chi connectivity index (χ4v) is 4.53. The van der Waals surface area contributed by atoms with Gasteiger partial charge < -0.3 is 30.9 Å². The van der Waals surface area contributed by atoms with Crippen LogP contribution < -0.4 is 16.4 Å². The van der Waals surface area contributed by atoms with Crippen molar-refractivity contribution < 1.29 is 24.2 Å². The second kappa shape index (κ2) is 17.3. The van der Waals surface area contributed by atoms with Gasteiger partial charge in [0.05, 0.1) is 24.1 Å². The molecule has 1 fully saturated rings. The van der Waals surface area contributed by atoms with Crippen molar-refractivity contribution in [1.29, 1.82) is 0 Å². The summed E-state index contributed by atoms with van der Waals surface area (Å²) in [4.78, 5) is 25.1. The van der Waals surface area contributed by atoms with Crippen molar-refractivity contribution in [3.05, 3.63) is 21.2 Å². The second-order valence-corrected chi connectivity index (χ2v) is 10.2. The number of halogens is 1. The topological polar surface area (TPSA) is 123 Å². The predicted molar refractivity (Wildman–Crippen MR) is 155 cm³/mol. The molecule has 1 atom stereocenters. The molecule has 1 aromatic rings. The zero-order valence-electron chi connectivity index (χ0n) is 23.9. The van der Waals surface area contributed by atoms with Crippen molar-refractivity contribution in [3.8, 4) is 11.8 Å². The SMILES string of the molecule is CC.CC#CCO.COC(=O)C(OC(C)(C)C)c1c(C)c(N)c(NC(=O)NC2CCCCC2)c(C)c1Br. The van der Waals surface area contributed by atoms with E-state index in [0.29, 0.717) is 27.0 Å². The van der Waals surface area contributed by atoms with E-state index in [4.69, 9.17) is 20.3 Å². The molecule has 5 N–H and O–H groups in total. The quantitative estimate of drug-likeness (QED) is 0.187. The van der Waals surface area contributed by atoms with Gasteiger partial charge in [-0.25, -0.2) is 9.59 Å². The van der Waals surface area contributed by atoms with E-state index in [1.165, 1.54) is 13.5 Å². The number of urea groups is 1. The van der Waals surface area contributed by atoms with E-state index in [2.05, 4.69) is 38.4 Å². The van der Waals surface area contributed by atoms with Crippen molar-refractivity contribution >= 4 is 39.3 Å². The van der Waals surface area contributed by atoms with Crippen molar-refractivity contribution in [3.63, 3.8) is 0 Å². The molecule has 0 aromatic heterocycles. The Kier molecular flexibility index (Phi) is 16.2. The monoisotopic (exact) mass is 583 g/mol. The number of aliphatic hydroxyl groups is 1.